The van der Waals surface area contributed by atoms with Gasteiger partial charge < -0.3 is 15.7 Å². The maximum absolute atomic E-state index is 11.7. The molecule has 0 atom stereocenters. The zero-order chi connectivity index (χ0) is 14.5. The lowest BCUT2D eigenvalue weighted by molar-refractivity contribution is -0.136. The van der Waals surface area contributed by atoms with Gasteiger partial charge in [0, 0.05) is 12.2 Å². The van der Waals surface area contributed by atoms with Crippen LogP contribution in [-0.4, -0.2) is 23.7 Å². The molecule has 2 amide bonds. The van der Waals surface area contributed by atoms with Crippen molar-refractivity contribution in [1.82, 2.24) is 5.32 Å². The zero-order valence-corrected chi connectivity index (χ0v) is 11.5. The molecule has 0 saturated heterocycles. The number of carboxylic acids is 1. The van der Waals surface area contributed by atoms with Crippen LogP contribution in [0.5, 0.6) is 0 Å². The molecule has 0 spiro atoms. The minimum Gasteiger partial charge on any atom is -0.481 e. The Hall–Kier alpha value is -2.04. The first kappa shape index (κ1) is 15.0. The van der Waals surface area contributed by atoms with Crippen LogP contribution in [0.3, 0.4) is 0 Å². The van der Waals surface area contributed by atoms with E-state index in [1.54, 1.807) is 0 Å². The van der Waals surface area contributed by atoms with Crippen molar-refractivity contribution in [2.45, 2.75) is 32.6 Å². The molecule has 0 bridgehead atoms. The van der Waals surface area contributed by atoms with Crippen molar-refractivity contribution in [3.8, 4) is 0 Å². The van der Waals surface area contributed by atoms with Crippen molar-refractivity contribution in [1.29, 1.82) is 0 Å². The number of urea groups is 1. The van der Waals surface area contributed by atoms with Crippen LogP contribution in [-0.2, 0) is 10.2 Å². The van der Waals surface area contributed by atoms with Gasteiger partial charge >= 0.3 is 12.0 Å². The molecule has 0 fully saturated rings. The first-order chi connectivity index (χ1) is 8.80. The summed E-state index contributed by atoms with van der Waals surface area (Å²) in [6, 6.07) is 7.18. The van der Waals surface area contributed by atoms with Gasteiger partial charge in [0.05, 0.1) is 6.42 Å². The van der Waals surface area contributed by atoms with E-state index in [4.69, 9.17) is 5.11 Å². The molecule has 5 heteroatoms. The molecule has 1 rings (SSSR count). The second-order valence-electron chi connectivity index (χ2n) is 5.32. The van der Waals surface area contributed by atoms with E-state index in [1.807, 2.05) is 24.3 Å². The number of nitrogens with one attached hydrogen (secondary N) is 2. The Morgan fingerprint density at radius 1 is 1.21 bits per heavy atom. The summed E-state index contributed by atoms with van der Waals surface area (Å²) in [6.07, 6.45) is -0.0890. The fourth-order valence-electron chi connectivity index (χ4n) is 1.70. The number of para-hydroxylation sites is 1. The lowest BCUT2D eigenvalue weighted by Gasteiger charge is -2.23. The van der Waals surface area contributed by atoms with Crippen LogP contribution in [0.25, 0.3) is 0 Å². The van der Waals surface area contributed by atoms with Gasteiger partial charge in [0.2, 0.25) is 0 Å². The van der Waals surface area contributed by atoms with E-state index in [0.717, 1.165) is 11.3 Å². The molecule has 104 valence electrons. The highest BCUT2D eigenvalue weighted by Crippen LogP contribution is 2.28. The number of carbonyl (C=O) groups is 2. The van der Waals surface area contributed by atoms with Crippen LogP contribution in [0.15, 0.2) is 24.3 Å². The third kappa shape index (κ3) is 4.99. The molecular formula is C14H20N2O3. The number of hydrogen-bond donors (Lipinski definition) is 3. The predicted molar refractivity (Wildman–Crippen MR) is 74.4 cm³/mol. The van der Waals surface area contributed by atoms with Crippen molar-refractivity contribution < 1.29 is 14.7 Å². The lowest BCUT2D eigenvalue weighted by Crippen LogP contribution is -2.31. The Bertz CT molecular complexity index is 464. The Morgan fingerprint density at radius 3 is 2.42 bits per heavy atom. The van der Waals surface area contributed by atoms with E-state index >= 15 is 0 Å². The molecule has 0 aliphatic carbocycles. The summed E-state index contributed by atoms with van der Waals surface area (Å²) in [5.74, 6) is -0.935. The monoisotopic (exact) mass is 264 g/mol. The van der Waals surface area contributed by atoms with Crippen molar-refractivity contribution in [2.24, 2.45) is 0 Å². The number of benzene rings is 1. The second kappa shape index (κ2) is 6.22. The molecule has 19 heavy (non-hydrogen) atoms. The largest absolute Gasteiger partial charge is 0.481 e. The number of rotatable bonds is 4. The van der Waals surface area contributed by atoms with Gasteiger partial charge in [-0.15, -0.1) is 0 Å². The predicted octanol–water partition coefficient (Wildman–Crippen LogP) is 2.58. The smallest absolute Gasteiger partial charge is 0.319 e. The Balaban J connectivity index is 2.67. The number of hydrogen-bond acceptors (Lipinski definition) is 2. The summed E-state index contributed by atoms with van der Waals surface area (Å²) >= 11 is 0. The van der Waals surface area contributed by atoms with Gasteiger partial charge in [-0.1, -0.05) is 39.0 Å². The van der Waals surface area contributed by atoms with Gasteiger partial charge in [-0.3, -0.25) is 4.79 Å². The molecule has 0 saturated carbocycles. The molecule has 0 aromatic heterocycles. The Labute approximate surface area is 113 Å². The number of anilines is 1. The summed E-state index contributed by atoms with van der Waals surface area (Å²) in [7, 11) is 0. The van der Waals surface area contributed by atoms with Crippen LogP contribution < -0.4 is 10.6 Å². The number of carboxylic acid groups (broad SMARTS) is 1. The normalized spacial score (nSPS) is 10.9. The molecular weight excluding hydrogens is 244 g/mol. The summed E-state index contributed by atoms with van der Waals surface area (Å²) in [5.41, 5.74) is 1.69. The number of amides is 2. The molecule has 0 heterocycles. The molecule has 1 aromatic carbocycles. The maximum Gasteiger partial charge on any atom is 0.319 e. The molecule has 0 unspecified atom stereocenters. The van der Waals surface area contributed by atoms with E-state index in [0.29, 0.717) is 0 Å². The van der Waals surface area contributed by atoms with Gasteiger partial charge in [0.15, 0.2) is 0 Å². The van der Waals surface area contributed by atoms with Crippen molar-refractivity contribution in [3.05, 3.63) is 29.8 Å². The third-order valence-electron chi connectivity index (χ3n) is 2.61. The van der Waals surface area contributed by atoms with Crippen LogP contribution >= 0.6 is 0 Å². The van der Waals surface area contributed by atoms with Crippen LogP contribution in [0.2, 0.25) is 0 Å². The topological polar surface area (TPSA) is 78.4 Å². The Morgan fingerprint density at radius 2 is 1.84 bits per heavy atom. The summed E-state index contributed by atoms with van der Waals surface area (Å²) in [5, 5.41) is 13.8. The molecule has 0 aliphatic heterocycles. The standard InChI is InChI=1S/C14H20N2O3/c1-14(2,3)10-6-4-5-7-11(10)16-13(19)15-9-8-12(17)18/h4-7H,8-9H2,1-3H3,(H,17,18)(H2,15,16,19). The van der Waals surface area contributed by atoms with Crippen molar-refractivity contribution >= 4 is 17.7 Å². The van der Waals surface area contributed by atoms with E-state index in [9.17, 15) is 9.59 Å². The molecule has 5 nitrogen and oxygen atoms in total. The maximum atomic E-state index is 11.7. The second-order valence-corrected chi connectivity index (χ2v) is 5.32. The first-order valence-corrected chi connectivity index (χ1v) is 6.17. The molecule has 0 radical (unpaired) electrons. The van der Waals surface area contributed by atoms with Crippen molar-refractivity contribution in [3.63, 3.8) is 0 Å². The zero-order valence-electron chi connectivity index (χ0n) is 11.5. The van der Waals surface area contributed by atoms with Gasteiger partial charge in [-0.2, -0.15) is 0 Å². The van der Waals surface area contributed by atoms with Crippen LogP contribution in [0.4, 0.5) is 10.5 Å². The van der Waals surface area contributed by atoms with E-state index in [2.05, 4.69) is 31.4 Å². The SMILES string of the molecule is CC(C)(C)c1ccccc1NC(=O)NCCC(=O)O. The average Bonchev–Trinajstić information content (AvgIpc) is 2.27. The highest BCUT2D eigenvalue weighted by Gasteiger charge is 2.18. The van der Waals surface area contributed by atoms with Crippen LogP contribution in [0.1, 0.15) is 32.8 Å². The molecule has 3 N–H and O–H groups in total. The van der Waals surface area contributed by atoms with Crippen molar-refractivity contribution in [2.75, 3.05) is 11.9 Å². The average molecular weight is 264 g/mol. The van der Waals surface area contributed by atoms with Gasteiger partial charge in [0.1, 0.15) is 0 Å². The van der Waals surface area contributed by atoms with Gasteiger partial charge in [0.25, 0.3) is 0 Å². The summed E-state index contributed by atoms with van der Waals surface area (Å²) in [6.45, 7) is 6.31. The summed E-state index contributed by atoms with van der Waals surface area (Å²) in [4.78, 5) is 22.0. The molecule has 0 aliphatic rings. The highest BCUT2D eigenvalue weighted by atomic mass is 16.4. The number of carbonyl (C=O) groups excluding carboxylic acids is 1. The highest BCUT2D eigenvalue weighted by molar-refractivity contribution is 5.90. The first-order valence-electron chi connectivity index (χ1n) is 6.17. The minimum absolute atomic E-state index is 0.0784. The number of aliphatic carboxylic acids is 1. The lowest BCUT2D eigenvalue weighted by atomic mass is 9.86. The van der Waals surface area contributed by atoms with Gasteiger partial charge in [-0.25, -0.2) is 4.79 Å². The quantitative estimate of drug-likeness (QED) is 0.782. The third-order valence-corrected chi connectivity index (χ3v) is 2.61. The van der Waals surface area contributed by atoms with E-state index in [-0.39, 0.29) is 18.4 Å². The molecule has 1 aromatic rings. The van der Waals surface area contributed by atoms with Crippen LogP contribution in [0, 0.1) is 0 Å². The summed E-state index contributed by atoms with van der Waals surface area (Å²) < 4.78 is 0. The van der Waals surface area contributed by atoms with Gasteiger partial charge in [-0.05, 0) is 17.0 Å². The fraction of sp³-hybridized carbons (Fsp3) is 0.429. The fourth-order valence-corrected chi connectivity index (χ4v) is 1.70. The Kier molecular flexibility index (Phi) is 4.92. The van der Waals surface area contributed by atoms with E-state index in [1.165, 1.54) is 0 Å². The minimum atomic E-state index is -0.935. The van der Waals surface area contributed by atoms with E-state index < -0.39 is 12.0 Å².